The van der Waals surface area contributed by atoms with Crippen LogP contribution in [-0.2, 0) is 31.1 Å². The van der Waals surface area contributed by atoms with Crippen molar-refractivity contribution in [2.45, 2.75) is 44.9 Å². The normalized spacial score (nSPS) is 15.6. The fraction of sp³-hybridized carbons (Fsp3) is 0.189. The van der Waals surface area contributed by atoms with Crippen molar-refractivity contribution < 1.29 is 0 Å². The van der Waals surface area contributed by atoms with Gasteiger partial charge in [-0.3, -0.25) is 0 Å². The Balaban J connectivity index is 1.47. The molecule has 0 spiro atoms. The molecule has 3 aliphatic carbocycles. The van der Waals surface area contributed by atoms with E-state index in [1.165, 1.54) is 104 Å². The van der Waals surface area contributed by atoms with Crippen LogP contribution in [-0.4, -0.2) is 0 Å². The molecule has 37 heavy (non-hydrogen) atoms. The summed E-state index contributed by atoms with van der Waals surface area (Å²) in [6, 6.07) is 37.9. The van der Waals surface area contributed by atoms with Crippen LogP contribution in [0.1, 0.15) is 55.6 Å². The second-order valence-corrected chi connectivity index (χ2v) is 11.4. The Morgan fingerprint density at radius 1 is 0.459 bits per heavy atom. The first-order valence-corrected chi connectivity index (χ1v) is 13.7. The van der Waals surface area contributed by atoms with E-state index < -0.39 is 0 Å². The first kappa shape index (κ1) is 21.2. The van der Waals surface area contributed by atoms with Gasteiger partial charge < -0.3 is 0 Å². The molecule has 0 radical (unpaired) electrons. The molecule has 0 bridgehead atoms. The van der Waals surface area contributed by atoms with Crippen LogP contribution < -0.4 is 0 Å². The summed E-state index contributed by atoms with van der Waals surface area (Å²) in [4.78, 5) is 0. The average Bonchev–Trinajstić information content (AvgIpc) is 3.16. The summed E-state index contributed by atoms with van der Waals surface area (Å²) in [6.07, 6.45) is 4.82. The van der Waals surface area contributed by atoms with Crippen molar-refractivity contribution in [1.82, 2.24) is 0 Å². The lowest BCUT2D eigenvalue weighted by Gasteiger charge is -2.37. The molecule has 0 atom stereocenters. The van der Waals surface area contributed by atoms with Gasteiger partial charge in [-0.05, 0) is 112 Å². The van der Waals surface area contributed by atoms with Crippen molar-refractivity contribution in [3.63, 3.8) is 0 Å². The molecule has 0 heteroatoms. The number of hydrogen-bond donors (Lipinski definition) is 0. The summed E-state index contributed by atoms with van der Waals surface area (Å²) >= 11 is 0. The molecule has 0 fully saturated rings. The number of benzene rings is 5. The maximum Gasteiger partial charge on any atom is 0.0713 e. The lowest BCUT2D eigenvalue weighted by molar-refractivity contribution is 0.740. The second kappa shape index (κ2) is 7.56. The SMILES string of the molecule is Cc1cc(C)cc(-c2ccc3c(c2)C(c2ccc4c(c2)CC4)(c2ccc4c(c2)CC4)c2ccccc2-3)c1. The number of rotatable bonds is 3. The van der Waals surface area contributed by atoms with Crippen LogP contribution >= 0.6 is 0 Å². The summed E-state index contributed by atoms with van der Waals surface area (Å²) < 4.78 is 0. The number of hydrogen-bond acceptors (Lipinski definition) is 0. The van der Waals surface area contributed by atoms with Gasteiger partial charge in [-0.1, -0.05) is 102 Å². The summed E-state index contributed by atoms with van der Waals surface area (Å²) in [6.45, 7) is 4.40. The monoisotopic (exact) mass is 474 g/mol. The fourth-order valence-corrected chi connectivity index (χ4v) is 7.25. The van der Waals surface area contributed by atoms with Gasteiger partial charge in [0.2, 0.25) is 0 Å². The highest BCUT2D eigenvalue weighted by Gasteiger charge is 2.47. The lowest BCUT2D eigenvalue weighted by atomic mass is 9.65. The molecule has 5 aromatic carbocycles. The topological polar surface area (TPSA) is 0 Å². The van der Waals surface area contributed by atoms with Crippen molar-refractivity contribution in [2.24, 2.45) is 0 Å². The van der Waals surface area contributed by atoms with Crippen LogP contribution in [0.4, 0.5) is 0 Å². The minimum atomic E-state index is -0.309. The molecule has 0 N–H and O–H groups in total. The second-order valence-electron chi connectivity index (χ2n) is 11.4. The van der Waals surface area contributed by atoms with E-state index in [2.05, 4.69) is 111 Å². The molecule has 8 rings (SSSR count). The van der Waals surface area contributed by atoms with Crippen LogP contribution in [0, 0.1) is 13.8 Å². The number of fused-ring (bicyclic) bond motifs is 5. The predicted octanol–water partition coefficient (Wildman–Crippen LogP) is 8.53. The molecule has 3 aliphatic rings. The zero-order valence-electron chi connectivity index (χ0n) is 21.6. The molecular weight excluding hydrogens is 444 g/mol. The predicted molar refractivity (Wildman–Crippen MR) is 153 cm³/mol. The lowest BCUT2D eigenvalue weighted by Crippen LogP contribution is -2.30. The molecule has 0 unspecified atom stereocenters. The van der Waals surface area contributed by atoms with Gasteiger partial charge in [-0.25, -0.2) is 0 Å². The Kier molecular flexibility index (Phi) is 4.33. The summed E-state index contributed by atoms with van der Waals surface area (Å²) in [5, 5.41) is 0. The van der Waals surface area contributed by atoms with Gasteiger partial charge in [0.05, 0.1) is 5.41 Å². The van der Waals surface area contributed by atoms with Gasteiger partial charge >= 0.3 is 0 Å². The summed E-state index contributed by atoms with van der Waals surface area (Å²) in [7, 11) is 0. The quantitative estimate of drug-likeness (QED) is 0.241. The van der Waals surface area contributed by atoms with Crippen molar-refractivity contribution >= 4 is 0 Å². The van der Waals surface area contributed by atoms with Crippen molar-refractivity contribution in [2.75, 3.05) is 0 Å². The highest BCUT2D eigenvalue weighted by Crippen LogP contribution is 2.57. The zero-order valence-corrected chi connectivity index (χ0v) is 21.6. The zero-order chi connectivity index (χ0) is 24.7. The van der Waals surface area contributed by atoms with Crippen LogP contribution in [0.5, 0.6) is 0 Å². The van der Waals surface area contributed by atoms with Crippen molar-refractivity contribution in [3.8, 4) is 22.3 Å². The van der Waals surface area contributed by atoms with E-state index in [1.807, 2.05) is 0 Å². The van der Waals surface area contributed by atoms with E-state index in [-0.39, 0.29) is 5.41 Å². The third-order valence-corrected chi connectivity index (χ3v) is 9.21. The summed E-state index contributed by atoms with van der Waals surface area (Å²) in [5.74, 6) is 0. The van der Waals surface area contributed by atoms with Gasteiger partial charge in [-0.15, -0.1) is 0 Å². The molecule has 178 valence electrons. The van der Waals surface area contributed by atoms with E-state index in [4.69, 9.17) is 0 Å². The summed E-state index contributed by atoms with van der Waals surface area (Å²) in [5.41, 5.74) is 19.4. The largest absolute Gasteiger partial charge is 0.0713 e. The maximum absolute atomic E-state index is 2.52. The van der Waals surface area contributed by atoms with E-state index in [0.717, 1.165) is 0 Å². The Labute approximate surface area is 219 Å². The van der Waals surface area contributed by atoms with Gasteiger partial charge in [-0.2, -0.15) is 0 Å². The number of aryl methyl sites for hydroxylation is 6. The Hall–Kier alpha value is -3.90. The van der Waals surface area contributed by atoms with E-state index in [1.54, 1.807) is 0 Å². The Morgan fingerprint density at radius 2 is 1.05 bits per heavy atom. The molecule has 0 amide bonds. The Bertz CT molecular complexity index is 1670. The molecule has 0 aromatic heterocycles. The third-order valence-electron chi connectivity index (χ3n) is 9.21. The average molecular weight is 475 g/mol. The highest BCUT2D eigenvalue weighted by atomic mass is 14.5. The van der Waals surface area contributed by atoms with Crippen LogP contribution in [0.25, 0.3) is 22.3 Å². The van der Waals surface area contributed by atoms with Crippen molar-refractivity contribution in [3.05, 3.63) is 153 Å². The fourth-order valence-electron chi connectivity index (χ4n) is 7.25. The minimum absolute atomic E-state index is 0.309. The molecule has 0 saturated heterocycles. The van der Waals surface area contributed by atoms with Gasteiger partial charge in [0.1, 0.15) is 0 Å². The smallest absolute Gasteiger partial charge is 0.0619 e. The van der Waals surface area contributed by atoms with Gasteiger partial charge in [0.15, 0.2) is 0 Å². The minimum Gasteiger partial charge on any atom is -0.0619 e. The highest BCUT2D eigenvalue weighted by molar-refractivity contribution is 5.88. The van der Waals surface area contributed by atoms with Crippen LogP contribution in [0.3, 0.4) is 0 Å². The van der Waals surface area contributed by atoms with Crippen molar-refractivity contribution in [1.29, 1.82) is 0 Å². The van der Waals surface area contributed by atoms with E-state index in [0.29, 0.717) is 0 Å². The Morgan fingerprint density at radius 3 is 1.65 bits per heavy atom. The molecule has 0 nitrogen and oxygen atoms in total. The maximum atomic E-state index is 2.52. The molecule has 0 heterocycles. The van der Waals surface area contributed by atoms with E-state index >= 15 is 0 Å². The van der Waals surface area contributed by atoms with E-state index in [9.17, 15) is 0 Å². The van der Waals surface area contributed by atoms with Crippen LogP contribution in [0.2, 0.25) is 0 Å². The first-order chi connectivity index (χ1) is 18.1. The molecule has 0 saturated carbocycles. The van der Waals surface area contributed by atoms with Gasteiger partial charge in [0, 0.05) is 0 Å². The third kappa shape index (κ3) is 2.90. The first-order valence-electron chi connectivity index (χ1n) is 13.7. The van der Waals surface area contributed by atoms with Crippen LogP contribution in [0.15, 0.2) is 97.1 Å². The molecular formula is C37H30. The molecule has 0 aliphatic heterocycles. The standard InChI is InChI=1S/C37H30/c1-23-17-24(2)19-30(18-23)29-13-16-34-33-5-3-4-6-35(33)37(36(34)22-29,31-14-11-25-7-9-27(25)20-31)32-15-12-26-8-10-28(26)21-32/h3-6,11-22H,7-10H2,1-2H3. The van der Waals surface area contributed by atoms with Gasteiger partial charge in [0.25, 0.3) is 0 Å². The molecule has 5 aromatic rings.